The van der Waals surface area contributed by atoms with Gasteiger partial charge in [0.25, 0.3) is 0 Å². The third kappa shape index (κ3) is 4.31. The van der Waals surface area contributed by atoms with Gasteiger partial charge in [0.1, 0.15) is 24.0 Å². The Labute approximate surface area is 144 Å². The van der Waals surface area contributed by atoms with Crippen molar-refractivity contribution in [3.05, 3.63) is 34.8 Å². The number of rotatable bonds is 6. The van der Waals surface area contributed by atoms with Crippen LogP contribution in [0.5, 0.6) is 5.75 Å². The molecule has 1 aromatic carbocycles. The van der Waals surface area contributed by atoms with Crippen LogP contribution in [0.3, 0.4) is 0 Å². The van der Waals surface area contributed by atoms with Crippen LogP contribution in [-0.4, -0.2) is 43.9 Å². The monoisotopic (exact) mass is 348 g/mol. The molecule has 0 aliphatic carbocycles. The predicted octanol–water partition coefficient (Wildman–Crippen LogP) is 2.16. The van der Waals surface area contributed by atoms with Gasteiger partial charge in [-0.3, -0.25) is 4.79 Å². The van der Waals surface area contributed by atoms with E-state index in [9.17, 15) is 4.79 Å². The van der Waals surface area contributed by atoms with Gasteiger partial charge in [0, 0.05) is 23.7 Å². The smallest absolute Gasteiger partial charge is 0.246 e. The summed E-state index contributed by atoms with van der Waals surface area (Å²) in [5, 5.41) is 3.80. The standard InChI is InChI=1S/C17H20N2O4S/c1-11-6-18-17(24-11)13-3-12(7-21-2)4-15(5-13)23-9-14-8-22-10-16(20)19-14/h3-6,14H,7-10H2,1-2H3,(H,19,20)/t14-/m0/s1. The first-order valence-electron chi connectivity index (χ1n) is 7.69. The number of hydrogen-bond acceptors (Lipinski definition) is 6. The molecule has 0 radical (unpaired) electrons. The van der Waals surface area contributed by atoms with Gasteiger partial charge in [0.05, 0.1) is 19.3 Å². The van der Waals surface area contributed by atoms with Crippen molar-refractivity contribution < 1.29 is 19.0 Å². The Morgan fingerprint density at radius 3 is 3.00 bits per heavy atom. The van der Waals surface area contributed by atoms with E-state index in [1.54, 1.807) is 18.4 Å². The van der Waals surface area contributed by atoms with Gasteiger partial charge in [-0.25, -0.2) is 4.98 Å². The Kier molecular flexibility index (Phi) is 5.44. The lowest BCUT2D eigenvalue weighted by atomic mass is 10.1. The highest BCUT2D eigenvalue weighted by Gasteiger charge is 2.19. The van der Waals surface area contributed by atoms with Crippen LogP contribution >= 0.6 is 11.3 Å². The average Bonchev–Trinajstić information content (AvgIpc) is 3.00. The molecule has 0 saturated carbocycles. The minimum absolute atomic E-state index is 0.109. The van der Waals surface area contributed by atoms with Crippen LogP contribution in [-0.2, 0) is 20.9 Å². The fourth-order valence-corrected chi connectivity index (χ4v) is 3.25. The molecule has 6 nitrogen and oxygen atoms in total. The molecule has 2 heterocycles. The van der Waals surface area contributed by atoms with Crippen molar-refractivity contribution >= 4 is 17.2 Å². The molecule has 0 bridgehead atoms. The SMILES string of the molecule is COCc1cc(OC[C@@H]2COCC(=O)N2)cc(-c2ncc(C)s2)c1. The minimum Gasteiger partial charge on any atom is -0.491 e. The summed E-state index contributed by atoms with van der Waals surface area (Å²) in [6.45, 7) is 3.47. The minimum atomic E-state index is -0.136. The van der Waals surface area contributed by atoms with Crippen molar-refractivity contribution in [2.75, 3.05) is 26.9 Å². The number of amides is 1. The molecular formula is C17H20N2O4S. The van der Waals surface area contributed by atoms with Gasteiger partial charge in [-0.15, -0.1) is 11.3 Å². The summed E-state index contributed by atoms with van der Waals surface area (Å²) < 4.78 is 16.3. The highest BCUT2D eigenvalue weighted by molar-refractivity contribution is 7.14. The van der Waals surface area contributed by atoms with Crippen molar-refractivity contribution in [2.24, 2.45) is 0 Å². The quantitative estimate of drug-likeness (QED) is 0.866. The van der Waals surface area contributed by atoms with Gasteiger partial charge in [0.15, 0.2) is 0 Å². The van der Waals surface area contributed by atoms with E-state index in [1.165, 1.54) is 0 Å². The number of carbonyl (C=O) groups excluding carboxylic acids is 1. The fourth-order valence-electron chi connectivity index (χ4n) is 2.50. The first kappa shape index (κ1) is 16.9. The second-order valence-corrected chi connectivity index (χ2v) is 6.90. The van der Waals surface area contributed by atoms with Gasteiger partial charge >= 0.3 is 0 Å². The number of hydrogen-bond donors (Lipinski definition) is 1. The lowest BCUT2D eigenvalue weighted by Crippen LogP contribution is -2.48. The van der Waals surface area contributed by atoms with Gasteiger partial charge in [-0.1, -0.05) is 0 Å². The molecule has 1 fully saturated rings. The Hall–Kier alpha value is -1.96. The number of nitrogens with zero attached hydrogens (tertiary/aromatic N) is 1. The van der Waals surface area contributed by atoms with E-state index in [1.807, 2.05) is 25.3 Å². The molecular weight excluding hydrogens is 328 g/mol. The van der Waals surface area contributed by atoms with Crippen LogP contribution in [0.2, 0.25) is 0 Å². The lowest BCUT2D eigenvalue weighted by molar-refractivity contribution is -0.131. The molecule has 2 aromatic rings. The molecule has 128 valence electrons. The van der Waals surface area contributed by atoms with Crippen molar-refractivity contribution in [3.8, 4) is 16.3 Å². The normalized spacial score (nSPS) is 17.6. The second kappa shape index (κ2) is 7.74. The number of thiazole rings is 1. The summed E-state index contributed by atoms with van der Waals surface area (Å²) in [6.07, 6.45) is 1.86. The molecule has 1 aliphatic heterocycles. The van der Waals surface area contributed by atoms with E-state index >= 15 is 0 Å². The molecule has 24 heavy (non-hydrogen) atoms. The molecule has 1 aliphatic rings. The van der Waals surface area contributed by atoms with Gasteiger partial charge in [0.2, 0.25) is 5.91 Å². The van der Waals surface area contributed by atoms with Crippen molar-refractivity contribution in [2.45, 2.75) is 19.6 Å². The number of methoxy groups -OCH3 is 1. The van der Waals surface area contributed by atoms with Crippen LogP contribution in [0.25, 0.3) is 10.6 Å². The van der Waals surface area contributed by atoms with Crippen LogP contribution in [0, 0.1) is 6.92 Å². The largest absolute Gasteiger partial charge is 0.491 e. The molecule has 1 N–H and O–H groups in total. The summed E-state index contributed by atoms with van der Waals surface area (Å²) in [6, 6.07) is 5.82. The third-order valence-corrected chi connectivity index (χ3v) is 4.48. The Balaban J connectivity index is 1.76. The van der Waals surface area contributed by atoms with Crippen molar-refractivity contribution in [3.63, 3.8) is 0 Å². The van der Waals surface area contributed by atoms with E-state index in [0.717, 1.165) is 26.8 Å². The first-order chi connectivity index (χ1) is 11.6. The fraction of sp³-hybridized carbons (Fsp3) is 0.412. The maximum absolute atomic E-state index is 11.4. The van der Waals surface area contributed by atoms with Gasteiger partial charge < -0.3 is 19.5 Å². The summed E-state index contributed by atoms with van der Waals surface area (Å²) in [7, 11) is 1.66. The van der Waals surface area contributed by atoms with Gasteiger partial charge in [-0.05, 0) is 30.7 Å². The molecule has 1 aromatic heterocycles. The van der Waals surface area contributed by atoms with Crippen molar-refractivity contribution in [1.29, 1.82) is 0 Å². The van der Waals surface area contributed by atoms with Gasteiger partial charge in [-0.2, -0.15) is 0 Å². The Morgan fingerprint density at radius 1 is 1.42 bits per heavy atom. The summed E-state index contributed by atoms with van der Waals surface area (Å²) in [5.41, 5.74) is 2.02. The summed E-state index contributed by atoms with van der Waals surface area (Å²) in [5.74, 6) is 0.620. The van der Waals surface area contributed by atoms with Crippen LogP contribution in [0.15, 0.2) is 24.4 Å². The number of aromatic nitrogens is 1. The van der Waals surface area contributed by atoms with Crippen LogP contribution < -0.4 is 10.1 Å². The highest BCUT2D eigenvalue weighted by Crippen LogP contribution is 2.29. The summed E-state index contributed by atoms with van der Waals surface area (Å²) in [4.78, 5) is 16.9. The topological polar surface area (TPSA) is 69.7 Å². The number of aryl methyl sites for hydroxylation is 1. The highest BCUT2D eigenvalue weighted by atomic mass is 32.1. The van der Waals surface area contributed by atoms with E-state index < -0.39 is 0 Å². The van der Waals surface area contributed by atoms with Crippen molar-refractivity contribution in [1.82, 2.24) is 10.3 Å². The molecule has 1 amide bonds. The zero-order valence-corrected chi connectivity index (χ0v) is 14.5. The molecule has 0 unspecified atom stereocenters. The van der Waals surface area contributed by atoms with E-state index in [0.29, 0.717) is 19.8 Å². The molecule has 1 atom stereocenters. The number of benzene rings is 1. The maximum Gasteiger partial charge on any atom is 0.246 e. The maximum atomic E-state index is 11.4. The van der Waals surface area contributed by atoms with E-state index in [4.69, 9.17) is 14.2 Å². The van der Waals surface area contributed by atoms with Crippen LogP contribution in [0.1, 0.15) is 10.4 Å². The van der Waals surface area contributed by atoms with E-state index in [2.05, 4.69) is 16.4 Å². The lowest BCUT2D eigenvalue weighted by Gasteiger charge is -2.23. The molecule has 0 spiro atoms. The Morgan fingerprint density at radius 2 is 2.29 bits per heavy atom. The molecule has 7 heteroatoms. The first-order valence-corrected chi connectivity index (χ1v) is 8.51. The zero-order valence-electron chi connectivity index (χ0n) is 13.7. The predicted molar refractivity (Wildman–Crippen MR) is 91.2 cm³/mol. The van der Waals surface area contributed by atoms with Crippen LogP contribution in [0.4, 0.5) is 0 Å². The number of morpholine rings is 1. The number of carbonyl (C=O) groups is 1. The van der Waals surface area contributed by atoms with E-state index in [-0.39, 0.29) is 18.6 Å². The number of nitrogens with one attached hydrogen (secondary N) is 1. The number of ether oxygens (including phenoxy) is 3. The Bertz CT molecular complexity index is 716. The molecule has 3 rings (SSSR count). The zero-order chi connectivity index (χ0) is 16.9. The average molecular weight is 348 g/mol. The third-order valence-electron chi connectivity index (χ3n) is 3.51. The molecule has 1 saturated heterocycles. The second-order valence-electron chi connectivity index (χ2n) is 5.67. The summed E-state index contributed by atoms with van der Waals surface area (Å²) >= 11 is 1.64.